The fraction of sp³-hybridized carbons (Fsp3) is 0.619. The fourth-order valence-electron chi connectivity index (χ4n) is 3.27. The highest BCUT2D eigenvalue weighted by molar-refractivity contribution is 5.79. The van der Waals surface area contributed by atoms with Gasteiger partial charge < -0.3 is 20.3 Å². The number of guanidine groups is 1. The van der Waals surface area contributed by atoms with Gasteiger partial charge in [-0.2, -0.15) is 0 Å². The van der Waals surface area contributed by atoms with Crippen LogP contribution in [0.5, 0.6) is 0 Å². The number of carbonyl (C=O) groups is 1. The molecule has 162 valence electrons. The highest BCUT2D eigenvalue weighted by Crippen LogP contribution is 2.21. The SMILES string of the molecule is CN=C(NCCC1CCCN(C(=O)OC(C)(C)C)C1)NCc1cc(F)ccc1F. The van der Waals surface area contributed by atoms with Crippen molar-refractivity contribution in [1.82, 2.24) is 15.5 Å². The number of benzene rings is 1. The summed E-state index contributed by atoms with van der Waals surface area (Å²) >= 11 is 0. The van der Waals surface area contributed by atoms with Crippen LogP contribution in [0.2, 0.25) is 0 Å². The van der Waals surface area contributed by atoms with Crippen LogP contribution in [-0.2, 0) is 11.3 Å². The molecule has 1 aliphatic rings. The van der Waals surface area contributed by atoms with Crippen LogP contribution in [0.1, 0.15) is 45.6 Å². The summed E-state index contributed by atoms with van der Waals surface area (Å²) in [6.45, 7) is 7.80. The van der Waals surface area contributed by atoms with Crippen LogP contribution in [0, 0.1) is 17.6 Å². The van der Waals surface area contributed by atoms with Crippen molar-refractivity contribution >= 4 is 12.1 Å². The summed E-state index contributed by atoms with van der Waals surface area (Å²) in [5, 5.41) is 6.18. The Labute approximate surface area is 171 Å². The summed E-state index contributed by atoms with van der Waals surface area (Å²) in [4.78, 5) is 18.2. The van der Waals surface area contributed by atoms with E-state index >= 15 is 0 Å². The molecule has 0 saturated carbocycles. The molecule has 1 amide bonds. The van der Waals surface area contributed by atoms with E-state index in [2.05, 4.69) is 15.6 Å². The van der Waals surface area contributed by atoms with Crippen molar-refractivity contribution in [3.63, 3.8) is 0 Å². The molecule has 0 spiro atoms. The van der Waals surface area contributed by atoms with E-state index in [4.69, 9.17) is 4.74 Å². The van der Waals surface area contributed by atoms with Gasteiger partial charge in [-0.25, -0.2) is 13.6 Å². The molecular weight excluding hydrogens is 378 g/mol. The molecule has 2 N–H and O–H groups in total. The Morgan fingerprint density at radius 3 is 2.76 bits per heavy atom. The monoisotopic (exact) mass is 410 g/mol. The van der Waals surface area contributed by atoms with Gasteiger partial charge in [0, 0.05) is 38.8 Å². The van der Waals surface area contributed by atoms with Crippen molar-refractivity contribution in [3.8, 4) is 0 Å². The van der Waals surface area contributed by atoms with Gasteiger partial charge in [-0.05, 0) is 64.2 Å². The van der Waals surface area contributed by atoms with E-state index in [1.165, 1.54) is 6.07 Å². The first-order valence-electron chi connectivity index (χ1n) is 10.0. The predicted octanol–water partition coefficient (Wildman–Crippen LogP) is 3.67. The molecular formula is C21H32F2N4O2. The van der Waals surface area contributed by atoms with E-state index in [1.54, 1.807) is 11.9 Å². The number of ether oxygens (including phenoxy) is 1. The molecule has 1 unspecified atom stereocenters. The molecule has 6 nitrogen and oxygen atoms in total. The lowest BCUT2D eigenvalue weighted by molar-refractivity contribution is 0.0162. The van der Waals surface area contributed by atoms with Crippen molar-refractivity contribution in [3.05, 3.63) is 35.4 Å². The predicted molar refractivity (Wildman–Crippen MR) is 110 cm³/mol. The van der Waals surface area contributed by atoms with Crippen LogP contribution in [0.15, 0.2) is 23.2 Å². The topological polar surface area (TPSA) is 66.0 Å². The van der Waals surface area contributed by atoms with Crippen LogP contribution in [0.3, 0.4) is 0 Å². The number of amides is 1. The number of carbonyl (C=O) groups excluding carboxylic acids is 1. The Kier molecular flexibility index (Phi) is 8.22. The summed E-state index contributed by atoms with van der Waals surface area (Å²) in [6, 6.07) is 3.38. The molecule has 1 aromatic carbocycles. The van der Waals surface area contributed by atoms with E-state index in [-0.39, 0.29) is 18.2 Å². The van der Waals surface area contributed by atoms with Gasteiger partial charge in [-0.15, -0.1) is 0 Å². The largest absolute Gasteiger partial charge is 0.444 e. The molecule has 29 heavy (non-hydrogen) atoms. The number of rotatable bonds is 5. The lowest BCUT2D eigenvalue weighted by Gasteiger charge is -2.34. The quantitative estimate of drug-likeness (QED) is 0.574. The second-order valence-corrected chi connectivity index (χ2v) is 8.31. The van der Waals surface area contributed by atoms with E-state index < -0.39 is 17.2 Å². The van der Waals surface area contributed by atoms with E-state index in [9.17, 15) is 13.6 Å². The van der Waals surface area contributed by atoms with Crippen molar-refractivity contribution < 1.29 is 18.3 Å². The molecule has 1 aromatic rings. The first kappa shape index (κ1) is 22.9. The van der Waals surface area contributed by atoms with E-state index in [0.717, 1.165) is 37.9 Å². The highest BCUT2D eigenvalue weighted by atomic mass is 19.1. The molecule has 1 atom stereocenters. The van der Waals surface area contributed by atoms with Gasteiger partial charge in [0.15, 0.2) is 5.96 Å². The summed E-state index contributed by atoms with van der Waals surface area (Å²) in [5.41, 5.74) is -0.251. The smallest absolute Gasteiger partial charge is 0.410 e. The highest BCUT2D eigenvalue weighted by Gasteiger charge is 2.27. The lowest BCUT2D eigenvalue weighted by Crippen LogP contribution is -2.44. The van der Waals surface area contributed by atoms with Gasteiger partial charge >= 0.3 is 6.09 Å². The third-order valence-corrected chi connectivity index (χ3v) is 4.69. The van der Waals surface area contributed by atoms with Crippen molar-refractivity contribution in [2.45, 2.75) is 52.2 Å². The van der Waals surface area contributed by atoms with Crippen LogP contribution < -0.4 is 10.6 Å². The average Bonchev–Trinajstić information content (AvgIpc) is 2.66. The molecule has 0 aromatic heterocycles. The second-order valence-electron chi connectivity index (χ2n) is 8.31. The molecule has 0 radical (unpaired) electrons. The fourth-order valence-corrected chi connectivity index (χ4v) is 3.27. The van der Waals surface area contributed by atoms with Crippen molar-refractivity contribution in [2.75, 3.05) is 26.7 Å². The van der Waals surface area contributed by atoms with Gasteiger partial charge in [-0.3, -0.25) is 4.99 Å². The maximum absolute atomic E-state index is 13.7. The molecule has 1 saturated heterocycles. The Bertz CT molecular complexity index is 719. The number of nitrogens with zero attached hydrogens (tertiary/aromatic N) is 2. The summed E-state index contributed by atoms with van der Waals surface area (Å²) < 4.78 is 32.4. The third-order valence-electron chi connectivity index (χ3n) is 4.69. The van der Waals surface area contributed by atoms with Crippen LogP contribution in [0.4, 0.5) is 13.6 Å². The number of hydrogen-bond donors (Lipinski definition) is 2. The van der Waals surface area contributed by atoms with Crippen molar-refractivity contribution in [2.24, 2.45) is 10.9 Å². The summed E-state index contributed by atoms with van der Waals surface area (Å²) in [7, 11) is 1.63. The molecule has 2 rings (SSSR count). The molecule has 1 heterocycles. The normalized spacial score (nSPS) is 17.8. The van der Waals surface area contributed by atoms with Crippen LogP contribution >= 0.6 is 0 Å². The first-order chi connectivity index (χ1) is 13.7. The third kappa shape index (κ3) is 7.87. The van der Waals surface area contributed by atoms with Gasteiger partial charge in [0.2, 0.25) is 0 Å². The Morgan fingerprint density at radius 1 is 1.31 bits per heavy atom. The van der Waals surface area contributed by atoms with Crippen LogP contribution in [0.25, 0.3) is 0 Å². The standard InChI is InChI=1S/C21H32F2N4O2/c1-21(2,3)29-20(28)27-11-5-6-15(14-27)9-10-25-19(24-4)26-13-16-12-17(22)7-8-18(16)23/h7-8,12,15H,5-6,9-11,13-14H2,1-4H3,(H2,24,25,26). The van der Waals surface area contributed by atoms with E-state index in [0.29, 0.717) is 25.0 Å². The van der Waals surface area contributed by atoms with Gasteiger partial charge in [0.05, 0.1) is 0 Å². The number of halogens is 2. The number of likely N-dealkylation sites (tertiary alicyclic amines) is 1. The number of piperidine rings is 1. The van der Waals surface area contributed by atoms with Gasteiger partial charge in [0.25, 0.3) is 0 Å². The van der Waals surface area contributed by atoms with E-state index in [1.807, 2.05) is 20.8 Å². The minimum Gasteiger partial charge on any atom is -0.444 e. The molecule has 1 fully saturated rings. The molecule has 8 heteroatoms. The Morgan fingerprint density at radius 2 is 2.07 bits per heavy atom. The molecule has 0 bridgehead atoms. The van der Waals surface area contributed by atoms with Crippen LogP contribution in [-0.4, -0.2) is 49.2 Å². The Hall–Kier alpha value is -2.38. The minimum atomic E-state index is -0.495. The molecule has 1 aliphatic heterocycles. The number of nitrogens with one attached hydrogen (secondary N) is 2. The average molecular weight is 411 g/mol. The van der Waals surface area contributed by atoms with Crippen molar-refractivity contribution in [1.29, 1.82) is 0 Å². The zero-order valence-corrected chi connectivity index (χ0v) is 17.7. The summed E-state index contributed by atoms with van der Waals surface area (Å²) in [5.74, 6) is -0.0345. The summed E-state index contributed by atoms with van der Waals surface area (Å²) in [6.07, 6.45) is 2.62. The lowest BCUT2D eigenvalue weighted by atomic mass is 9.95. The first-order valence-corrected chi connectivity index (χ1v) is 10.0. The number of aliphatic imine (C=N–C) groups is 1. The second kappa shape index (κ2) is 10.4. The zero-order valence-electron chi connectivity index (χ0n) is 17.7. The minimum absolute atomic E-state index is 0.138. The zero-order chi connectivity index (χ0) is 21.4. The van der Waals surface area contributed by atoms with Gasteiger partial charge in [0.1, 0.15) is 17.2 Å². The maximum Gasteiger partial charge on any atom is 0.410 e. The number of hydrogen-bond acceptors (Lipinski definition) is 3. The van der Waals surface area contributed by atoms with Gasteiger partial charge in [-0.1, -0.05) is 0 Å². The Balaban J connectivity index is 1.76. The molecule has 0 aliphatic carbocycles. The maximum atomic E-state index is 13.7.